The van der Waals surface area contributed by atoms with Crippen molar-refractivity contribution in [2.45, 2.75) is 38.3 Å². The first kappa shape index (κ1) is 25.9. The van der Waals surface area contributed by atoms with Crippen LogP contribution in [0.4, 0.5) is 11.4 Å². The van der Waals surface area contributed by atoms with Crippen molar-refractivity contribution in [1.29, 1.82) is 0 Å². The van der Waals surface area contributed by atoms with Gasteiger partial charge in [0, 0.05) is 30.3 Å². The van der Waals surface area contributed by atoms with Crippen molar-refractivity contribution < 1.29 is 17.9 Å². The third kappa shape index (κ3) is 5.44. The molecule has 36 heavy (non-hydrogen) atoms. The molecule has 1 unspecified atom stereocenters. The van der Waals surface area contributed by atoms with E-state index >= 15 is 0 Å². The Kier molecular flexibility index (Phi) is 7.76. The molecule has 0 saturated carbocycles. The van der Waals surface area contributed by atoms with Gasteiger partial charge in [0.05, 0.1) is 17.1 Å². The van der Waals surface area contributed by atoms with E-state index in [1.807, 2.05) is 31.2 Å². The number of anilines is 2. The zero-order valence-electron chi connectivity index (χ0n) is 20.6. The number of rotatable bonds is 8. The molecule has 0 radical (unpaired) electrons. The van der Waals surface area contributed by atoms with Crippen LogP contribution in [0.1, 0.15) is 25.0 Å². The molecule has 1 aliphatic rings. The average molecular weight is 528 g/mol. The number of aryl methyl sites for hydroxylation is 1. The van der Waals surface area contributed by atoms with Crippen LogP contribution in [-0.2, 0) is 21.4 Å². The molecule has 0 fully saturated rings. The molecule has 1 amide bonds. The largest absolute Gasteiger partial charge is 0.476 e. The predicted molar refractivity (Wildman–Crippen MR) is 143 cm³/mol. The Morgan fingerprint density at radius 1 is 1.06 bits per heavy atom. The molecule has 0 spiro atoms. The van der Waals surface area contributed by atoms with Crippen molar-refractivity contribution in [2.24, 2.45) is 0 Å². The number of sulfonamides is 1. The highest BCUT2D eigenvalue weighted by molar-refractivity contribution is 7.92. The molecule has 1 N–H and O–H groups in total. The fraction of sp³-hybridized carbons (Fsp3) is 0.296. The van der Waals surface area contributed by atoms with E-state index < -0.39 is 22.0 Å². The van der Waals surface area contributed by atoms with Crippen LogP contribution in [0.2, 0.25) is 5.02 Å². The Hall–Kier alpha value is -3.23. The maximum atomic E-state index is 13.5. The number of benzene rings is 3. The van der Waals surface area contributed by atoms with Crippen LogP contribution < -0.4 is 19.3 Å². The number of nitrogens with zero attached hydrogens (tertiary/aromatic N) is 2. The zero-order chi connectivity index (χ0) is 25.9. The van der Waals surface area contributed by atoms with Crippen LogP contribution in [0.15, 0.2) is 71.6 Å². The van der Waals surface area contributed by atoms with Gasteiger partial charge in [-0.2, -0.15) is 0 Å². The molecule has 0 saturated heterocycles. The summed E-state index contributed by atoms with van der Waals surface area (Å²) in [4.78, 5) is 15.5. The lowest BCUT2D eigenvalue weighted by atomic mass is 10.1. The van der Waals surface area contributed by atoms with Crippen LogP contribution in [-0.4, -0.2) is 40.1 Å². The van der Waals surface area contributed by atoms with E-state index in [2.05, 4.69) is 24.1 Å². The van der Waals surface area contributed by atoms with E-state index in [1.54, 1.807) is 36.4 Å². The Balaban J connectivity index is 1.53. The highest BCUT2D eigenvalue weighted by Gasteiger charge is 2.37. The summed E-state index contributed by atoms with van der Waals surface area (Å²) in [5.74, 6) is -0.113. The minimum atomic E-state index is -3.95. The van der Waals surface area contributed by atoms with E-state index in [0.29, 0.717) is 17.3 Å². The van der Waals surface area contributed by atoms with Gasteiger partial charge in [-0.3, -0.25) is 9.10 Å². The Bertz CT molecular complexity index is 1320. The standard InChI is InChI=1S/C27H30ClN3O4S/c1-4-30(5-2)22-11-8-20(9-12-22)17-29-27(32)26-18-31(24-16-21(28)10-15-25(24)35-26)36(33,34)23-13-6-19(3)7-14-23/h6-16,26H,4-5,17-18H2,1-3H3,(H,29,32). The fourth-order valence-corrected chi connectivity index (χ4v) is 5.78. The van der Waals surface area contributed by atoms with E-state index in [1.165, 1.54) is 10.4 Å². The highest BCUT2D eigenvalue weighted by Crippen LogP contribution is 2.39. The lowest BCUT2D eigenvalue weighted by Crippen LogP contribution is -2.50. The molecule has 3 aromatic rings. The lowest BCUT2D eigenvalue weighted by molar-refractivity contribution is -0.127. The monoisotopic (exact) mass is 527 g/mol. The Morgan fingerprint density at radius 2 is 1.72 bits per heavy atom. The number of amides is 1. The molecule has 0 bridgehead atoms. The number of fused-ring (bicyclic) bond motifs is 1. The summed E-state index contributed by atoms with van der Waals surface area (Å²) in [5.41, 5.74) is 3.31. The van der Waals surface area contributed by atoms with Gasteiger partial charge in [-0.05, 0) is 68.8 Å². The third-order valence-corrected chi connectivity index (χ3v) is 8.25. The first-order chi connectivity index (χ1) is 17.2. The number of halogens is 1. The SMILES string of the molecule is CCN(CC)c1ccc(CNC(=O)C2CN(S(=O)(=O)c3ccc(C)cc3)c3cc(Cl)ccc3O2)cc1. The summed E-state index contributed by atoms with van der Waals surface area (Å²) in [6.07, 6.45) is -1.02. The van der Waals surface area contributed by atoms with Crippen LogP contribution >= 0.6 is 11.6 Å². The van der Waals surface area contributed by atoms with E-state index in [4.69, 9.17) is 16.3 Å². The van der Waals surface area contributed by atoms with Crippen LogP contribution in [0, 0.1) is 6.92 Å². The minimum absolute atomic E-state index is 0.133. The van der Waals surface area contributed by atoms with Gasteiger partial charge in [0.25, 0.3) is 15.9 Å². The zero-order valence-corrected chi connectivity index (χ0v) is 22.1. The summed E-state index contributed by atoms with van der Waals surface area (Å²) >= 11 is 6.17. The molecule has 7 nitrogen and oxygen atoms in total. The lowest BCUT2D eigenvalue weighted by Gasteiger charge is -2.35. The van der Waals surface area contributed by atoms with Gasteiger partial charge in [-0.15, -0.1) is 0 Å². The molecule has 3 aromatic carbocycles. The number of ether oxygens (including phenoxy) is 1. The summed E-state index contributed by atoms with van der Waals surface area (Å²) < 4.78 is 34.2. The van der Waals surface area contributed by atoms with Crippen molar-refractivity contribution in [3.05, 3.63) is 82.9 Å². The normalized spacial score (nSPS) is 15.1. The van der Waals surface area contributed by atoms with E-state index in [9.17, 15) is 13.2 Å². The molecule has 1 heterocycles. The van der Waals surface area contributed by atoms with E-state index in [0.717, 1.165) is 29.9 Å². The van der Waals surface area contributed by atoms with Crippen molar-refractivity contribution >= 4 is 38.9 Å². The summed E-state index contributed by atoms with van der Waals surface area (Å²) in [6, 6.07) is 19.3. The second-order valence-corrected chi connectivity index (χ2v) is 10.9. The van der Waals surface area contributed by atoms with Gasteiger partial charge in [0.1, 0.15) is 5.75 Å². The van der Waals surface area contributed by atoms with Crippen molar-refractivity contribution in [2.75, 3.05) is 28.8 Å². The smallest absolute Gasteiger partial charge is 0.264 e. The Morgan fingerprint density at radius 3 is 2.36 bits per heavy atom. The van der Waals surface area contributed by atoms with Gasteiger partial charge < -0.3 is 15.0 Å². The average Bonchev–Trinajstić information content (AvgIpc) is 2.88. The molecule has 0 aromatic heterocycles. The first-order valence-corrected chi connectivity index (χ1v) is 13.7. The number of nitrogens with one attached hydrogen (secondary N) is 1. The molecule has 1 atom stereocenters. The minimum Gasteiger partial charge on any atom is -0.476 e. The molecule has 0 aliphatic carbocycles. The van der Waals surface area contributed by atoms with Gasteiger partial charge >= 0.3 is 0 Å². The summed E-state index contributed by atoms with van der Waals surface area (Å²) in [5, 5.41) is 3.25. The van der Waals surface area contributed by atoms with Crippen molar-refractivity contribution in [1.82, 2.24) is 5.32 Å². The van der Waals surface area contributed by atoms with Crippen LogP contribution in [0.3, 0.4) is 0 Å². The van der Waals surface area contributed by atoms with Crippen LogP contribution in [0.25, 0.3) is 0 Å². The number of hydrogen-bond acceptors (Lipinski definition) is 5. The second kappa shape index (κ2) is 10.8. The van der Waals surface area contributed by atoms with Gasteiger partial charge in [0.2, 0.25) is 0 Å². The second-order valence-electron chi connectivity index (χ2n) is 8.62. The first-order valence-electron chi connectivity index (χ1n) is 11.9. The topological polar surface area (TPSA) is 79.0 Å². The molecule has 190 valence electrons. The fourth-order valence-electron chi connectivity index (χ4n) is 4.14. The van der Waals surface area contributed by atoms with Gasteiger partial charge in [-0.25, -0.2) is 8.42 Å². The maximum Gasteiger partial charge on any atom is 0.264 e. The quantitative estimate of drug-likeness (QED) is 0.456. The number of hydrogen-bond donors (Lipinski definition) is 1. The van der Waals surface area contributed by atoms with Crippen molar-refractivity contribution in [3.8, 4) is 5.75 Å². The highest BCUT2D eigenvalue weighted by atomic mass is 35.5. The van der Waals surface area contributed by atoms with Gasteiger partial charge in [-0.1, -0.05) is 41.4 Å². The molecule has 9 heteroatoms. The predicted octanol–water partition coefficient (Wildman–Crippen LogP) is 4.77. The number of carbonyl (C=O) groups excluding carboxylic acids is 1. The van der Waals surface area contributed by atoms with E-state index in [-0.39, 0.29) is 17.2 Å². The molecule has 1 aliphatic heterocycles. The van der Waals surface area contributed by atoms with Gasteiger partial charge in [0.15, 0.2) is 6.10 Å². The summed E-state index contributed by atoms with van der Waals surface area (Å²) in [7, 11) is -3.95. The Labute approximate surface area is 217 Å². The number of carbonyl (C=O) groups is 1. The molecular formula is C27H30ClN3O4S. The third-order valence-electron chi connectivity index (χ3n) is 6.22. The summed E-state index contributed by atoms with van der Waals surface area (Å²) in [6.45, 7) is 8.07. The molecule has 4 rings (SSSR count). The maximum absolute atomic E-state index is 13.5. The van der Waals surface area contributed by atoms with Crippen LogP contribution in [0.5, 0.6) is 5.75 Å². The molecular weight excluding hydrogens is 498 g/mol. The van der Waals surface area contributed by atoms with Crippen molar-refractivity contribution in [3.63, 3.8) is 0 Å².